The molecule has 1 aromatic carbocycles. The van der Waals surface area contributed by atoms with Crippen molar-refractivity contribution in [2.24, 2.45) is 0 Å². The highest BCUT2D eigenvalue weighted by Crippen LogP contribution is 2.21. The van der Waals surface area contributed by atoms with Crippen LogP contribution in [0.25, 0.3) is 0 Å². The van der Waals surface area contributed by atoms with Gasteiger partial charge >= 0.3 is 0 Å². The molecule has 1 amide bonds. The number of morpholine rings is 1. The molecule has 1 saturated heterocycles. The number of hydrogen-bond donors (Lipinski definition) is 2. The molecule has 3 N–H and O–H groups in total. The summed E-state index contributed by atoms with van der Waals surface area (Å²) in [7, 11) is 0. The molecule has 0 unspecified atom stereocenters. The lowest BCUT2D eigenvalue weighted by Gasteiger charge is -2.38. The maximum absolute atomic E-state index is 12.1. The third kappa shape index (κ3) is 4.44. The van der Waals surface area contributed by atoms with Crippen molar-refractivity contribution >= 4 is 17.3 Å². The number of ether oxygens (including phenoxy) is 1. The molecule has 0 radical (unpaired) electrons. The van der Waals surface area contributed by atoms with Gasteiger partial charge in [0.05, 0.1) is 12.2 Å². The molecule has 0 aromatic heterocycles. The first-order valence-corrected chi connectivity index (χ1v) is 7.39. The number of hydrogen-bond acceptors (Lipinski definition) is 4. The summed E-state index contributed by atoms with van der Waals surface area (Å²) in [4.78, 5) is 14.3. The summed E-state index contributed by atoms with van der Waals surface area (Å²) in [5.74, 6) is 0.0213. The molecule has 5 heteroatoms. The number of carbonyl (C=O) groups is 1. The summed E-state index contributed by atoms with van der Waals surface area (Å²) in [6, 6.07) is 5.56. The zero-order chi connectivity index (χ0) is 15.5. The summed E-state index contributed by atoms with van der Waals surface area (Å²) in [6.45, 7) is 9.29. The molecule has 1 aliphatic heterocycles. The van der Waals surface area contributed by atoms with Gasteiger partial charge in [-0.2, -0.15) is 0 Å². The van der Waals surface area contributed by atoms with Gasteiger partial charge in [0.2, 0.25) is 5.91 Å². The Morgan fingerprint density at radius 2 is 2.24 bits per heavy atom. The molecule has 0 spiro atoms. The van der Waals surface area contributed by atoms with Crippen LogP contribution >= 0.6 is 0 Å². The third-order valence-corrected chi connectivity index (χ3v) is 3.81. The first-order chi connectivity index (χ1) is 9.87. The molecular formula is C16H25N3O2. The van der Waals surface area contributed by atoms with Crippen molar-refractivity contribution in [1.29, 1.82) is 0 Å². The van der Waals surface area contributed by atoms with Gasteiger partial charge < -0.3 is 15.8 Å². The molecule has 0 bridgehead atoms. The van der Waals surface area contributed by atoms with Crippen LogP contribution in [0.3, 0.4) is 0 Å². The Bertz CT molecular complexity index is 514. The summed E-state index contributed by atoms with van der Waals surface area (Å²) in [6.07, 6.45) is 0.477. The fourth-order valence-corrected chi connectivity index (χ4v) is 2.57. The fourth-order valence-electron chi connectivity index (χ4n) is 2.57. The van der Waals surface area contributed by atoms with Gasteiger partial charge in [-0.3, -0.25) is 9.69 Å². The second-order valence-electron chi connectivity index (χ2n) is 6.20. The van der Waals surface area contributed by atoms with Crippen molar-refractivity contribution < 1.29 is 9.53 Å². The number of benzene rings is 1. The van der Waals surface area contributed by atoms with Gasteiger partial charge in [0.25, 0.3) is 0 Å². The second-order valence-corrected chi connectivity index (χ2v) is 6.20. The van der Waals surface area contributed by atoms with Gasteiger partial charge in [-0.25, -0.2) is 0 Å². The molecule has 0 atom stereocenters. The number of carbonyl (C=O) groups excluding carboxylic acids is 1. The van der Waals surface area contributed by atoms with Gasteiger partial charge in [-0.1, -0.05) is 6.07 Å². The van der Waals surface area contributed by atoms with Gasteiger partial charge in [0, 0.05) is 37.4 Å². The molecule has 21 heavy (non-hydrogen) atoms. The maximum atomic E-state index is 12.1. The average molecular weight is 291 g/mol. The van der Waals surface area contributed by atoms with Crippen molar-refractivity contribution in [3.8, 4) is 0 Å². The predicted molar refractivity (Wildman–Crippen MR) is 85.3 cm³/mol. The van der Waals surface area contributed by atoms with E-state index in [2.05, 4.69) is 24.1 Å². The molecular weight excluding hydrogens is 266 g/mol. The molecule has 0 saturated carbocycles. The van der Waals surface area contributed by atoms with E-state index in [1.165, 1.54) is 0 Å². The van der Waals surface area contributed by atoms with Crippen molar-refractivity contribution in [2.75, 3.05) is 37.3 Å². The van der Waals surface area contributed by atoms with E-state index >= 15 is 0 Å². The Labute approximate surface area is 126 Å². The molecule has 1 aliphatic rings. The number of nitrogens with zero attached hydrogens (tertiary/aromatic N) is 1. The number of amides is 1. The normalized spacial score (nSPS) is 18.4. The lowest BCUT2D eigenvalue weighted by Crippen LogP contribution is -2.48. The standard InChI is InChI=1S/C16H25N3O2/c1-12-13(17)5-4-6-14(12)18-15(20)7-8-19-9-10-21-16(2,3)11-19/h4-6H,7-11,17H2,1-3H3,(H,18,20). The Hall–Kier alpha value is -1.59. The molecule has 0 aliphatic carbocycles. The van der Waals surface area contributed by atoms with Crippen molar-refractivity contribution in [3.63, 3.8) is 0 Å². The first kappa shape index (κ1) is 15.8. The highest BCUT2D eigenvalue weighted by atomic mass is 16.5. The number of rotatable bonds is 4. The maximum Gasteiger partial charge on any atom is 0.225 e. The van der Waals surface area contributed by atoms with Crippen molar-refractivity contribution in [3.05, 3.63) is 23.8 Å². The van der Waals surface area contributed by atoms with Crippen LogP contribution in [0.4, 0.5) is 11.4 Å². The molecule has 1 aromatic rings. The van der Waals surface area contributed by atoms with Crippen LogP contribution in [0.2, 0.25) is 0 Å². The lowest BCUT2D eigenvalue weighted by atomic mass is 10.1. The predicted octanol–water partition coefficient (Wildman–Crippen LogP) is 2.02. The van der Waals surface area contributed by atoms with Gasteiger partial charge in [0.1, 0.15) is 0 Å². The molecule has 1 heterocycles. The zero-order valence-electron chi connectivity index (χ0n) is 13.1. The third-order valence-electron chi connectivity index (χ3n) is 3.81. The van der Waals surface area contributed by atoms with Crippen molar-refractivity contribution in [2.45, 2.75) is 32.8 Å². The summed E-state index contributed by atoms with van der Waals surface area (Å²) in [5, 5.41) is 2.93. The van der Waals surface area contributed by atoms with E-state index in [1.807, 2.05) is 25.1 Å². The van der Waals surface area contributed by atoms with E-state index in [9.17, 15) is 4.79 Å². The van der Waals surface area contributed by atoms with E-state index in [0.29, 0.717) is 12.1 Å². The molecule has 5 nitrogen and oxygen atoms in total. The van der Waals surface area contributed by atoms with Crippen LogP contribution < -0.4 is 11.1 Å². The highest BCUT2D eigenvalue weighted by molar-refractivity contribution is 5.92. The first-order valence-electron chi connectivity index (χ1n) is 7.39. The van der Waals surface area contributed by atoms with Crippen LogP contribution in [0, 0.1) is 6.92 Å². The number of nitrogens with two attached hydrogens (primary N) is 1. The second kappa shape index (κ2) is 6.45. The van der Waals surface area contributed by atoms with E-state index in [-0.39, 0.29) is 11.5 Å². The van der Waals surface area contributed by atoms with Gasteiger partial charge in [-0.05, 0) is 38.5 Å². The Kier molecular flexibility index (Phi) is 4.85. The fraction of sp³-hybridized carbons (Fsp3) is 0.562. The minimum absolute atomic E-state index is 0.0213. The molecule has 2 rings (SSSR count). The Balaban J connectivity index is 1.84. The quantitative estimate of drug-likeness (QED) is 0.833. The minimum atomic E-state index is -0.126. The van der Waals surface area contributed by atoms with Gasteiger partial charge in [-0.15, -0.1) is 0 Å². The van der Waals surface area contributed by atoms with E-state index in [4.69, 9.17) is 10.5 Å². The van der Waals surface area contributed by atoms with Crippen LogP contribution in [-0.2, 0) is 9.53 Å². The smallest absolute Gasteiger partial charge is 0.225 e. The minimum Gasteiger partial charge on any atom is -0.398 e. The van der Waals surface area contributed by atoms with Crippen LogP contribution in [0.15, 0.2) is 18.2 Å². The van der Waals surface area contributed by atoms with Crippen molar-refractivity contribution in [1.82, 2.24) is 4.90 Å². The zero-order valence-corrected chi connectivity index (χ0v) is 13.1. The van der Waals surface area contributed by atoms with E-state index in [0.717, 1.165) is 37.5 Å². The lowest BCUT2D eigenvalue weighted by molar-refractivity contribution is -0.118. The number of nitrogen functional groups attached to an aromatic ring is 1. The van der Waals surface area contributed by atoms with Crippen LogP contribution in [0.5, 0.6) is 0 Å². The van der Waals surface area contributed by atoms with E-state index < -0.39 is 0 Å². The molecule has 116 valence electrons. The Morgan fingerprint density at radius 1 is 1.48 bits per heavy atom. The van der Waals surface area contributed by atoms with E-state index in [1.54, 1.807) is 0 Å². The van der Waals surface area contributed by atoms with Gasteiger partial charge in [0.15, 0.2) is 0 Å². The Morgan fingerprint density at radius 3 is 2.95 bits per heavy atom. The summed E-state index contributed by atoms with van der Waals surface area (Å²) in [5.41, 5.74) is 8.12. The SMILES string of the molecule is Cc1c(N)cccc1NC(=O)CCN1CCOC(C)(C)C1. The van der Waals surface area contributed by atoms with Crippen LogP contribution in [0.1, 0.15) is 25.8 Å². The summed E-state index contributed by atoms with van der Waals surface area (Å²) >= 11 is 0. The monoisotopic (exact) mass is 291 g/mol. The topological polar surface area (TPSA) is 67.6 Å². The highest BCUT2D eigenvalue weighted by Gasteiger charge is 2.27. The largest absolute Gasteiger partial charge is 0.398 e. The number of anilines is 2. The van der Waals surface area contributed by atoms with Crippen LogP contribution in [-0.4, -0.2) is 42.6 Å². The summed E-state index contributed by atoms with van der Waals surface area (Å²) < 4.78 is 5.67. The molecule has 1 fully saturated rings. The number of nitrogens with one attached hydrogen (secondary N) is 1. The average Bonchev–Trinajstić information content (AvgIpc) is 2.41.